The highest BCUT2D eigenvalue weighted by Crippen LogP contribution is 2.29. The molecule has 0 unspecified atom stereocenters. The largest absolute Gasteiger partial charge is 0.495 e. The molecule has 2 aromatic carbocycles. The van der Waals surface area contributed by atoms with Crippen LogP contribution >= 0.6 is 0 Å². The Morgan fingerprint density at radius 3 is 2.71 bits per heavy atom. The fourth-order valence-electron chi connectivity index (χ4n) is 5.03. The number of anilines is 1. The summed E-state index contributed by atoms with van der Waals surface area (Å²) in [5, 5.41) is 1.09. The number of benzene rings is 2. The van der Waals surface area contributed by atoms with Crippen molar-refractivity contribution < 1.29 is 9.53 Å². The topological polar surface area (TPSA) is 51.8 Å². The Hall–Kier alpha value is -2.99. The fourth-order valence-corrected chi connectivity index (χ4v) is 5.03. The minimum absolute atomic E-state index is 0.153. The number of amides is 1. The molecule has 1 atom stereocenters. The first kappa shape index (κ1) is 19.9. The maximum absolute atomic E-state index is 13.2. The lowest BCUT2D eigenvalue weighted by molar-refractivity contribution is 0.0563. The lowest BCUT2D eigenvalue weighted by Crippen LogP contribution is -2.55. The van der Waals surface area contributed by atoms with E-state index in [2.05, 4.69) is 31.8 Å². The molecule has 162 valence electrons. The predicted octanol–water partition coefficient (Wildman–Crippen LogP) is 3.60. The zero-order valence-electron chi connectivity index (χ0n) is 18.1. The van der Waals surface area contributed by atoms with Gasteiger partial charge in [-0.05, 0) is 49.2 Å². The molecule has 2 saturated heterocycles. The molecule has 0 aliphatic carbocycles. The van der Waals surface area contributed by atoms with Gasteiger partial charge in [-0.25, -0.2) is 0 Å². The number of nitrogens with zero attached hydrogens (tertiary/aromatic N) is 3. The van der Waals surface area contributed by atoms with Gasteiger partial charge >= 0.3 is 0 Å². The van der Waals surface area contributed by atoms with Crippen molar-refractivity contribution in [2.45, 2.75) is 18.9 Å². The highest BCUT2D eigenvalue weighted by Gasteiger charge is 2.31. The van der Waals surface area contributed by atoms with Gasteiger partial charge in [0.2, 0.25) is 0 Å². The highest BCUT2D eigenvalue weighted by molar-refractivity contribution is 5.98. The highest BCUT2D eigenvalue weighted by atomic mass is 16.5. The summed E-state index contributed by atoms with van der Waals surface area (Å²) < 4.78 is 5.54. The van der Waals surface area contributed by atoms with Crippen molar-refractivity contribution in [1.82, 2.24) is 14.8 Å². The molecule has 3 heterocycles. The number of aromatic nitrogens is 1. The van der Waals surface area contributed by atoms with E-state index in [-0.39, 0.29) is 5.91 Å². The molecule has 0 radical (unpaired) electrons. The van der Waals surface area contributed by atoms with Crippen molar-refractivity contribution in [3.05, 3.63) is 60.3 Å². The number of ether oxygens (including phenoxy) is 1. The maximum atomic E-state index is 13.2. The molecule has 1 amide bonds. The van der Waals surface area contributed by atoms with Crippen LogP contribution in [-0.4, -0.2) is 73.1 Å². The molecule has 6 heteroatoms. The smallest absolute Gasteiger partial charge is 0.253 e. The summed E-state index contributed by atoms with van der Waals surface area (Å²) in [4.78, 5) is 23.4. The second-order valence-electron chi connectivity index (χ2n) is 8.52. The first-order chi connectivity index (χ1) is 15.2. The van der Waals surface area contributed by atoms with Crippen LogP contribution in [0.25, 0.3) is 10.9 Å². The molecule has 1 N–H and O–H groups in total. The van der Waals surface area contributed by atoms with E-state index in [0.717, 1.165) is 74.3 Å². The van der Waals surface area contributed by atoms with Gasteiger partial charge in [0.15, 0.2) is 0 Å². The number of carbonyl (C=O) groups excluding carboxylic acids is 1. The molecule has 3 aromatic rings. The number of hydrogen-bond acceptors (Lipinski definition) is 4. The van der Waals surface area contributed by atoms with Gasteiger partial charge in [0.05, 0.1) is 12.8 Å². The number of para-hydroxylation sites is 2. The zero-order valence-corrected chi connectivity index (χ0v) is 18.1. The number of fused-ring (bicyclic) bond motifs is 1. The number of carbonyl (C=O) groups is 1. The summed E-state index contributed by atoms with van der Waals surface area (Å²) in [6.07, 6.45) is 4.14. The maximum Gasteiger partial charge on any atom is 0.253 e. The van der Waals surface area contributed by atoms with Gasteiger partial charge in [-0.15, -0.1) is 0 Å². The molecule has 2 fully saturated rings. The zero-order chi connectivity index (χ0) is 21.2. The predicted molar refractivity (Wildman–Crippen MR) is 124 cm³/mol. The van der Waals surface area contributed by atoms with E-state index in [1.807, 2.05) is 42.6 Å². The Labute approximate surface area is 183 Å². The molecule has 1 aromatic heterocycles. The standard InChI is InChI=1S/C25H30N4O2/c1-31-24-7-3-2-6-23(24)28-15-13-27(14-16-28)21-5-4-12-29(18-21)25(30)20-8-9-22-19(17-20)10-11-26-22/h2-3,6-11,17,21,26H,4-5,12-16,18H2,1H3/t21-/m0/s1. The van der Waals surface area contributed by atoms with Crippen LogP contribution in [0.5, 0.6) is 5.75 Å². The number of rotatable bonds is 4. The van der Waals surface area contributed by atoms with Gasteiger partial charge in [0.25, 0.3) is 5.91 Å². The first-order valence-corrected chi connectivity index (χ1v) is 11.2. The van der Waals surface area contributed by atoms with Crippen LogP contribution in [0.4, 0.5) is 5.69 Å². The molecule has 6 nitrogen and oxygen atoms in total. The fraction of sp³-hybridized carbons (Fsp3) is 0.400. The Morgan fingerprint density at radius 2 is 1.87 bits per heavy atom. The molecular formula is C25H30N4O2. The molecule has 0 bridgehead atoms. The lowest BCUT2D eigenvalue weighted by Gasteiger charge is -2.44. The number of likely N-dealkylation sites (tertiary alicyclic amines) is 1. The van der Waals surface area contributed by atoms with Crippen LogP contribution in [0.1, 0.15) is 23.2 Å². The van der Waals surface area contributed by atoms with E-state index in [9.17, 15) is 4.79 Å². The van der Waals surface area contributed by atoms with Crippen molar-refractivity contribution in [2.75, 3.05) is 51.3 Å². The van der Waals surface area contributed by atoms with Gasteiger partial charge in [0.1, 0.15) is 5.75 Å². The van der Waals surface area contributed by atoms with Crippen molar-refractivity contribution in [2.24, 2.45) is 0 Å². The average molecular weight is 419 g/mol. The monoisotopic (exact) mass is 418 g/mol. The number of piperazine rings is 1. The van der Waals surface area contributed by atoms with Crippen LogP contribution in [0.3, 0.4) is 0 Å². The second-order valence-corrected chi connectivity index (χ2v) is 8.52. The number of nitrogens with one attached hydrogen (secondary N) is 1. The van der Waals surface area contributed by atoms with Crippen molar-refractivity contribution in [3.8, 4) is 5.75 Å². The summed E-state index contributed by atoms with van der Waals surface area (Å²) in [7, 11) is 1.73. The molecular weight excluding hydrogens is 388 g/mol. The van der Waals surface area contributed by atoms with Crippen LogP contribution in [0, 0.1) is 0 Å². The van der Waals surface area contributed by atoms with Crippen molar-refractivity contribution in [1.29, 1.82) is 0 Å². The third kappa shape index (κ3) is 4.00. The summed E-state index contributed by atoms with van der Waals surface area (Å²) in [6.45, 7) is 5.66. The number of H-pyrrole nitrogens is 1. The van der Waals surface area contributed by atoms with Gasteiger partial charge in [-0.2, -0.15) is 0 Å². The van der Waals surface area contributed by atoms with E-state index in [0.29, 0.717) is 6.04 Å². The summed E-state index contributed by atoms with van der Waals surface area (Å²) >= 11 is 0. The van der Waals surface area contributed by atoms with Crippen molar-refractivity contribution in [3.63, 3.8) is 0 Å². The number of methoxy groups -OCH3 is 1. The van der Waals surface area contributed by atoms with E-state index >= 15 is 0 Å². The minimum atomic E-state index is 0.153. The SMILES string of the molecule is COc1ccccc1N1CCN([C@H]2CCCN(C(=O)c3ccc4[nH]ccc4c3)C2)CC1. The molecule has 31 heavy (non-hydrogen) atoms. The molecule has 0 spiro atoms. The number of aromatic amines is 1. The Bertz CT molecular complexity index is 1050. The summed E-state index contributed by atoms with van der Waals surface area (Å²) in [6, 6.07) is 16.6. The van der Waals surface area contributed by atoms with Crippen LogP contribution in [-0.2, 0) is 0 Å². The Kier molecular flexibility index (Phi) is 5.55. The molecule has 0 saturated carbocycles. The lowest BCUT2D eigenvalue weighted by atomic mass is 10.0. The Balaban J connectivity index is 1.22. The van der Waals surface area contributed by atoms with E-state index in [4.69, 9.17) is 4.74 Å². The normalized spacial score (nSPS) is 20.2. The summed E-state index contributed by atoms with van der Waals surface area (Å²) in [5.74, 6) is 1.09. The van der Waals surface area contributed by atoms with E-state index in [1.54, 1.807) is 7.11 Å². The van der Waals surface area contributed by atoms with E-state index < -0.39 is 0 Å². The average Bonchev–Trinajstić information content (AvgIpc) is 3.32. The quantitative estimate of drug-likeness (QED) is 0.703. The van der Waals surface area contributed by atoms with Gasteiger partial charge in [0, 0.05) is 68.0 Å². The molecule has 2 aliphatic heterocycles. The van der Waals surface area contributed by atoms with Gasteiger partial charge in [-0.3, -0.25) is 9.69 Å². The molecule has 5 rings (SSSR count). The van der Waals surface area contributed by atoms with Crippen molar-refractivity contribution >= 4 is 22.5 Å². The second kappa shape index (κ2) is 8.63. The number of hydrogen-bond donors (Lipinski definition) is 1. The van der Waals surface area contributed by atoms with Crippen LogP contribution in [0.15, 0.2) is 54.7 Å². The van der Waals surface area contributed by atoms with Gasteiger partial charge in [-0.1, -0.05) is 12.1 Å². The van der Waals surface area contributed by atoms with E-state index in [1.165, 1.54) is 5.69 Å². The third-order valence-electron chi connectivity index (χ3n) is 6.74. The summed E-state index contributed by atoms with van der Waals surface area (Å²) in [5.41, 5.74) is 3.03. The Morgan fingerprint density at radius 1 is 1.03 bits per heavy atom. The van der Waals surface area contributed by atoms with Crippen LogP contribution in [0.2, 0.25) is 0 Å². The minimum Gasteiger partial charge on any atom is -0.495 e. The third-order valence-corrected chi connectivity index (χ3v) is 6.74. The van der Waals surface area contributed by atoms with Gasteiger partial charge < -0.3 is 19.5 Å². The number of piperidine rings is 1. The molecule has 2 aliphatic rings. The first-order valence-electron chi connectivity index (χ1n) is 11.2. The van der Waals surface area contributed by atoms with Crippen LogP contribution < -0.4 is 9.64 Å².